The Labute approximate surface area is 124 Å². The van der Waals surface area contributed by atoms with Crippen molar-refractivity contribution in [3.8, 4) is 0 Å². The van der Waals surface area contributed by atoms with Crippen molar-refractivity contribution < 1.29 is 0 Å². The van der Waals surface area contributed by atoms with E-state index in [2.05, 4.69) is 53.5 Å². The van der Waals surface area contributed by atoms with Crippen molar-refractivity contribution in [3.05, 3.63) is 21.8 Å². The van der Waals surface area contributed by atoms with Gasteiger partial charge in [0.25, 0.3) is 0 Å². The number of hydrogen-bond acceptors (Lipinski definition) is 2. The van der Waals surface area contributed by atoms with Crippen LogP contribution >= 0.6 is 27.5 Å². The van der Waals surface area contributed by atoms with Crippen LogP contribution in [0.4, 0.5) is 5.82 Å². The standard InChI is InChI=1S/C14H22BrClN2/c1-5-12(6-2)18(9-10(3)4)14-13(16)7-11(15)8-17-14/h7-8,10,12H,5-6,9H2,1-4H3. The van der Waals surface area contributed by atoms with E-state index in [0.29, 0.717) is 12.0 Å². The normalized spacial score (nSPS) is 11.3. The van der Waals surface area contributed by atoms with Crippen molar-refractivity contribution in [1.29, 1.82) is 0 Å². The molecule has 0 aliphatic heterocycles. The van der Waals surface area contributed by atoms with E-state index in [0.717, 1.165) is 34.7 Å². The first-order chi connectivity index (χ1) is 8.49. The monoisotopic (exact) mass is 332 g/mol. The highest BCUT2D eigenvalue weighted by molar-refractivity contribution is 9.10. The lowest BCUT2D eigenvalue weighted by atomic mass is 10.1. The number of hydrogen-bond donors (Lipinski definition) is 0. The number of anilines is 1. The molecule has 1 aromatic rings. The molecule has 1 aromatic heterocycles. The second kappa shape index (κ2) is 7.34. The molecule has 0 atom stereocenters. The Bertz CT molecular complexity index is 378. The molecule has 0 amide bonds. The van der Waals surface area contributed by atoms with Crippen molar-refractivity contribution in [1.82, 2.24) is 4.98 Å². The smallest absolute Gasteiger partial charge is 0.147 e. The Balaban J connectivity index is 3.08. The number of pyridine rings is 1. The van der Waals surface area contributed by atoms with Gasteiger partial charge in [-0.05, 0) is 40.8 Å². The van der Waals surface area contributed by atoms with Crippen LogP contribution in [-0.2, 0) is 0 Å². The van der Waals surface area contributed by atoms with Crippen molar-refractivity contribution in [2.75, 3.05) is 11.4 Å². The van der Waals surface area contributed by atoms with Gasteiger partial charge < -0.3 is 4.90 Å². The zero-order valence-electron chi connectivity index (χ0n) is 11.6. The summed E-state index contributed by atoms with van der Waals surface area (Å²) < 4.78 is 0.922. The third-order valence-electron chi connectivity index (χ3n) is 3.01. The van der Waals surface area contributed by atoms with Crippen LogP contribution in [0.3, 0.4) is 0 Å². The molecule has 0 aliphatic rings. The van der Waals surface area contributed by atoms with E-state index in [9.17, 15) is 0 Å². The van der Waals surface area contributed by atoms with E-state index in [4.69, 9.17) is 11.6 Å². The molecule has 102 valence electrons. The van der Waals surface area contributed by atoms with E-state index >= 15 is 0 Å². The summed E-state index contributed by atoms with van der Waals surface area (Å²) in [4.78, 5) is 6.84. The van der Waals surface area contributed by atoms with Crippen LogP contribution in [0.25, 0.3) is 0 Å². The lowest BCUT2D eigenvalue weighted by molar-refractivity contribution is 0.503. The van der Waals surface area contributed by atoms with Crippen molar-refractivity contribution in [2.24, 2.45) is 5.92 Å². The number of aromatic nitrogens is 1. The van der Waals surface area contributed by atoms with E-state index in [1.807, 2.05) is 12.3 Å². The number of nitrogens with zero attached hydrogens (tertiary/aromatic N) is 2. The van der Waals surface area contributed by atoms with Crippen LogP contribution in [0.15, 0.2) is 16.7 Å². The largest absolute Gasteiger partial charge is 0.352 e. The van der Waals surface area contributed by atoms with Gasteiger partial charge in [0.1, 0.15) is 5.82 Å². The first-order valence-corrected chi connectivity index (χ1v) is 7.74. The molecule has 0 saturated carbocycles. The van der Waals surface area contributed by atoms with Gasteiger partial charge in [-0.25, -0.2) is 4.98 Å². The fourth-order valence-electron chi connectivity index (χ4n) is 2.15. The maximum absolute atomic E-state index is 6.33. The lowest BCUT2D eigenvalue weighted by Crippen LogP contribution is -2.38. The minimum Gasteiger partial charge on any atom is -0.352 e. The molecule has 0 unspecified atom stereocenters. The zero-order chi connectivity index (χ0) is 13.7. The number of rotatable bonds is 6. The maximum atomic E-state index is 6.33. The van der Waals surface area contributed by atoms with Gasteiger partial charge in [-0.15, -0.1) is 0 Å². The van der Waals surface area contributed by atoms with E-state index in [1.165, 1.54) is 0 Å². The predicted molar refractivity (Wildman–Crippen MR) is 83.5 cm³/mol. The number of halogens is 2. The molecular formula is C14H22BrClN2. The first kappa shape index (κ1) is 15.8. The molecule has 1 rings (SSSR count). The molecule has 0 aromatic carbocycles. The molecule has 0 spiro atoms. The molecule has 0 aliphatic carbocycles. The van der Waals surface area contributed by atoms with Gasteiger partial charge in [0, 0.05) is 23.3 Å². The fourth-order valence-corrected chi connectivity index (χ4v) is 2.89. The average Bonchev–Trinajstić information content (AvgIpc) is 2.29. The topological polar surface area (TPSA) is 16.1 Å². The summed E-state index contributed by atoms with van der Waals surface area (Å²) in [5.41, 5.74) is 0. The van der Waals surface area contributed by atoms with Gasteiger partial charge in [0.2, 0.25) is 0 Å². The van der Waals surface area contributed by atoms with Gasteiger partial charge in [-0.2, -0.15) is 0 Å². The Morgan fingerprint density at radius 2 is 1.94 bits per heavy atom. The van der Waals surface area contributed by atoms with Crippen molar-refractivity contribution in [2.45, 2.75) is 46.6 Å². The maximum Gasteiger partial charge on any atom is 0.147 e. The highest BCUT2D eigenvalue weighted by Crippen LogP contribution is 2.29. The second-order valence-electron chi connectivity index (χ2n) is 4.98. The zero-order valence-corrected chi connectivity index (χ0v) is 13.9. The summed E-state index contributed by atoms with van der Waals surface area (Å²) in [6.45, 7) is 9.87. The van der Waals surface area contributed by atoms with Gasteiger partial charge >= 0.3 is 0 Å². The molecule has 1 heterocycles. The second-order valence-corrected chi connectivity index (χ2v) is 6.30. The van der Waals surface area contributed by atoms with E-state index in [-0.39, 0.29) is 0 Å². The van der Waals surface area contributed by atoms with Crippen LogP contribution in [0.1, 0.15) is 40.5 Å². The molecule has 0 saturated heterocycles. The quantitative estimate of drug-likeness (QED) is 0.716. The van der Waals surface area contributed by atoms with Crippen LogP contribution < -0.4 is 4.90 Å². The fraction of sp³-hybridized carbons (Fsp3) is 0.643. The first-order valence-electron chi connectivity index (χ1n) is 6.57. The molecular weight excluding hydrogens is 312 g/mol. The van der Waals surface area contributed by atoms with Crippen LogP contribution in [0.5, 0.6) is 0 Å². The molecule has 0 radical (unpaired) electrons. The van der Waals surface area contributed by atoms with Crippen molar-refractivity contribution in [3.63, 3.8) is 0 Å². The van der Waals surface area contributed by atoms with E-state index in [1.54, 1.807) is 0 Å². The molecule has 0 bridgehead atoms. The molecule has 18 heavy (non-hydrogen) atoms. The van der Waals surface area contributed by atoms with Gasteiger partial charge in [0.15, 0.2) is 0 Å². The third kappa shape index (κ3) is 4.13. The predicted octanol–water partition coefficient (Wildman–Crippen LogP) is 5.15. The van der Waals surface area contributed by atoms with Crippen LogP contribution in [0, 0.1) is 5.92 Å². The Kier molecular flexibility index (Phi) is 6.44. The molecule has 2 nitrogen and oxygen atoms in total. The van der Waals surface area contributed by atoms with Gasteiger partial charge in [-0.3, -0.25) is 0 Å². The summed E-state index contributed by atoms with van der Waals surface area (Å²) >= 11 is 9.73. The van der Waals surface area contributed by atoms with Gasteiger partial charge in [-0.1, -0.05) is 39.3 Å². The highest BCUT2D eigenvalue weighted by Gasteiger charge is 2.20. The Hall–Kier alpha value is -0.280. The molecule has 0 N–H and O–H groups in total. The minimum atomic E-state index is 0.499. The van der Waals surface area contributed by atoms with E-state index < -0.39 is 0 Å². The highest BCUT2D eigenvalue weighted by atomic mass is 79.9. The van der Waals surface area contributed by atoms with Crippen LogP contribution in [0.2, 0.25) is 5.02 Å². The summed E-state index contributed by atoms with van der Waals surface area (Å²) in [5, 5.41) is 0.719. The lowest BCUT2D eigenvalue weighted by Gasteiger charge is -2.33. The Morgan fingerprint density at radius 3 is 2.39 bits per heavy atom. The minimum absolute atomic E-state index is 0.499. The summed E-state index contributed by atoms with van der Waals surface area (Å²) in [5.74, 6) is 1.49. The van der Waals surface area contributed by atoms with Gasteiger partial charge in [0.05, 0.1) is 5.02 Å². The molecule has 4 heteroatoms. The average molecular weight is 334 g/mol. The summed E-state index contributed by atoms with van der Waals surface area (Å²) in [6, 6.07) is 2.41. The molecule has 0 fully saturated rings. The SMILES string of the molecule is CCC(CC)N(CC(C)C)c1ncc(Br)cc1Cl. The summed E-state index contributed by atoms with van der Waals surface area (Å²) in [7, 11) is 0. The van der Waals surface area contributed by atoms with Crippen molar-refractivity contribution >= 4 is 33.3 Å². The van der Waals surface area contributed by atoms with Crippen LogP contribution in [-0.4, -0.2) is 17.6 Å². The Morgan fingerprint density at radius 1 is 1.33 bits per heavy atom. The summed E-state index contributed by atoms with van der Waals surface area (Å²) in [6.07, 6.45) is 4.03. The third-order valence-corrected chi connectivity index (χ3v) is 3.72.